The molecule has 0 atom stereocenters. The molecule has 3 aromatic rings. The first kappa shape index (κ1) is 11.4. The van der Waals surface area contributed by atoms with Gasteiger partial charge in [0.1, 0.15) is 11.8 Å². The maximum atomic E-state index is 9.42. The largest absolute Gasteiger partial charge is 0.496 e. The number of H-pyrrole nitrogens is 1. The molecule has 0 aliphatic rings. The summed E-state index contributed by atoms with van der Waals surface area (Å²) in [6.07, 6.45) is 0. The number of nitriles is 1. The molecular weight excluding hydrogens is 236 g/mol. The van der Waals surface area contributed by atoms with Gasteiger partial charge >= 0.3 is 0 Å². The highest BCUT2D eigenvalue weighted by Gasteiger charge is 2.15. The fourth-order valence-electron chi connectivity index (χ4n) is 2.31. The van der Waals surface area contributed by atoms with Crippen LogP contribution < -0.4 is 4.74 Å². The lowest BCUT2D eigenvalue weighted by molar-refractivity contribution is 0.416. The molecule has 0 aliphatic carbocycles. The quantitative estimate of drug-likeness (QED) is 0.751. The van der Waals surface area contributed by atoms with Crippen LogP contribution in [0.4, 0.5) is 0 Å². The van der Waals surface area contributed by atoms with Crippen molar-refractivity contribution in [2.75, 3.05) is 7.11 Å². The van der Waals surface area contributed by atoms with Gasteiger partial charge in [-0.25, -0.2) is 0 Å². The third kappa shape index (κ3) is 1.74. The van der Waals surface area contributed by atoms with Crippen LogP contribution in [0.3, 0.4) is 0 Å². The number of nitrogens with one attached hydrogen (secondary N) is 1. The predicted octanol–water partition coefficient (Wildman–Crippen LogP) is 3.72. The van der Waals surface area contributed by atoms with Crippen LogP contribution in [0.1, 0.15) is 5.56 Å². The average molecular weight is 248 g/mol. The second kappa shape index (κ2) is 4.51. The Balaban J connectivity index is 2.34. The molecule has 0 saturated carbocycles. The van der Waals surface area contributed by atoms with Crippen molar-refractivity contribution in [1.82, 2.24) is 4.98 Å². The van der Waals surface area contributed by atoms with Crippen LogP contribution >= 0.6 is 0 Å². The molecule has 19 heavy (non-hydrogen) atoms. The highest BCUT2D eigenvalue weighted by atomic mass is 16.5. The highest BCUT2D eigenvalue weighted by molar-refractivity contribution is 5.94. The lowest BCUT2D eigenvalue weighted by Gasteiger charge is -2.06. The standard InChI is InChI=1S/C16H12N2O/c1-19-15-9-5-3-7-12(15)16-13(10-17)11-6-2-4-8-14(11)18-16/h2-9,18H,1H3. The van der Waals surface area contributed by atoms with Crippen molar-refractivity contribution in [3.05, 3.63) is 54.1 Å². The molecule has 2 aromatic carbocycles. The normalized spacial score (nSPS) is 10.3. The van der Waals surface area contributed by atoms with Gasteiger partial charge < -0.3 is 9.72 Å². The van der Waals surface area contributed by atoms with Crippen molar-refractivity contribution in [2.24, 2.45) is 0 Å². The molecule has 3 rings (SSSR count). The second-order valence-electron chi connectivity index (χ2n) is 4.23. The summed E-state index contributed by atoms with van der Waals surface area (Å²) in [5.74, 6) is 0.755. The first-order valence-corrected chi connectivity index (χ1v) is 5.99. The number of fused-ring (bicyclic) bond motifs is 1. The molecule has 1 aromatic heterocycles. The Labute approximate surface area is 111 Å². The number of hydrogen-bond acceptors (Lipinski definition) is 2. The van der Waals surface area contributed by atoms with E-state index in [1.54, 1.807) is 7.11 Å². The topological polar surface area (TPSA) is 48.8 Å². The SMILES string of the molecule is COc1ccccc1-c1[nH]c2ccccc2c1C#N. The van der Waals surface area contributed by atoms with Gasteiger partial charge in [-0.05, 0) is 18.2 Å². The van der Waals surface area contributed by atoms with Gasteiger partial charge in [0, 0.05) is 16.5 Å². The van der Waals surface area contributed by atoms with Crippen molar-refractivity contribution < 1.29 is 4.74 Å². The van der Waals surface area contributed by atoms with Crippen LogP contribution in [0.25, 0.3) is 22.2 Å². The minimum absolute atomic E-state index is 0.653. The van der Waals surface area contributed by atoms with E-state index in [4.69, 9.17) is 4.74 Å². The molecule has 1 heterocycles. The number of hydrogen-bond donors (Lipinski definition) is 1. The van der Waals surface area contributed by atoms with Crippen molar-refractivity contribution in [1.29, 1.82) is 5.26 Å². The average Bonchev–Trinajstić information content (AvgIpc) is 2.85. The Bertz CT molecular complexity index is 781. The number of aromatic nitrogens is 1. The maximum Gasteiger partial charge on any atom is 0.128 e. The van der Waals surface area contributed by atoms with Gasteiger partial charge in [-0.15, -0.1) is 0 Å². The van der Waals surface area contributed by atoms with Crippen molar-refractivity contribution in [2.45, 2.75) is 0 Å². The van der Waals surface area contributed by atoms with Gasteiger partial charge in [-0.3, -0.25) is 0 Å². The van der Waals surface area contributed by atoms with E-state index < -0.39 is 0 Å². The van der Waals surface area contributed by atoms with E-state index in [1.807, 2.05) is 48.5 Å². The molecule has 0 fully saturated rings. The molecule has 3 nitrogen and oxygen atoms in total. The third-order valence-electron chi connectivity index (χ3n) is 3.19. The number of aromatic amines is 1. The fraction of sp³-hybridized carbons (Fsp3) is 0.0625. The van der Waals surface area contributed by atoms with Gasteiger partial charge in [-0.1, -0.05) is 30.3 Å². The highest BCUT2D eigenvalue weighted by Crippen LogP contribution is 2.34. The van der Waals surface area contributed by atoms with E-state index in [0.29, 0.717) is 5.56 Å². The summed E-state index contributed by atoms with van der Waals surface area (Å²) >= 11 is 0. The molecule has 0 aliphatic heterocycles. The smallest absolute Gasteiger partial charge is 0.128 e. The first-order valence-electron chi connectivity index (χ1n) is 5.99. The van der Waals surface area contributed by atoms with Crippen LogP contribution in [0.15, 0.2) is 48.5 Å². The number of rotatable bonds is 2. The summed E-state index contributed by atoms with van der Waals surface area (Å²) in [5.41, 5.74) is 3.32. The Morgan fingerprint density at radius 2 is 1.79 bits per heavy atom. The lowest BCUT2D eigenvalue weighted by atomic mass is 10.1. The minimum atomic E-state index is 0.653. The zero-order chi connectivity index (χ0) is 13.2. The molecular formula is C16H12N2O. The Morgan fingerprint density at radius 1 is 1.05 bits per heavy atom. The van der Waals surface area contributed by atoms with E-state index in [1.165, 1.54) is 0 Å². The zero-order valence-electron chi connectivity index (χ0n) is 10.5. The Morgan fingerprint density at radius 3 is 2.58 bits per heavy atom. The second-order valence-corrected chi connectivity index (χ2v) is 4.23. The number of para-hydroxylation sites is 2. The summed E-state index contributed by atoms with van der Waals surface area (Å²) in [5, 5.41) is 10.4. The van der Waals surface area contributed by atoms with Crippen LogP contribution in [-0.2, 0) is 0 Å². The van der Waals surface area contributed by atoms with Gasteiger partial charge in [-0.2, -0.15) is 5.26 Å². The van der Waals surface area contributed by atoms with Gasteiger partial charge in [0.05, 0.1) is 18.4 Å². The van der Waals surface area contributed by atoms with Crippen molar-refractivity contribution in [3.8, 4) is 23.1 Å². The lowest BCUT2D eigenvalue weighted by Crippen LogP contribution is -1.89. The number of methoxy groups -OCH3 is 1. The van der Waals surface area contributed by atoms with Crippen molar-refractivity contribution in [3.63, 3.8) is 0 Å². The number of benzene rings is 2. The summed E-state index contributed by atoms with van der Waals surface area (Å²) in [4.78, 5) is 3.30. The van der Waals surface area contributed by atoms with Gasteiger partial charge in [0.2, 0.25) is 0 Å². The summed E-state index contributed by atoms with van der Waals surface area (Å²) in [7, 11) is 1.63. The van der Waals surface area contributed by atoms with Gasteiger partial charge in [0.25, 0.3) is 0 Å². The predicted molar refractivity (Wildman–Crippen MR) is 75.0 cm³/mol. The summed E-state index contributed by atoms with van der Waals surface area (Å²) < 4.78 is 5.37. The number of ether oxygens (including phenoxy) is 1. The molecule has 0 radical (unpaired) electrons. The molecule has 1 N–H and O–H groups in total. The summed E-state index contributed by atoms with van der Waals surface area (Å²) in [6.45, 7) is 0. The monoisotopic (exact) mass is 248 g/mol. The molecule has 92 valence electrons. The van der Waals surface area contributed by atoms with E-state index in [2.05, 4.69) is 11.1 Å². The zero-order valence-corrected chi connectivity index (χ0v) is 10.5. The molecule has 0 spiro atoms. The van der Waals surface area contributed by atoms with Crippen LogP contribution in [0.2, 0.25) is 0 Å². The van der Waals surface area contributed by atoms with E-state index in [9.17, 15) is 5.26 Å². The fourth-order valence-corrected chi connectivity index (χ4v) is 2.31. The molecule has 0 bridgehead atoms. The Kier molecular flexibility index (Phi) is 2.70. The molecule has 0 saturated heterocycles. The molecule has 0 unspecified atom stereocenters. The van der Waals surface area contributed by atoms with Crippen LogP contribution in [-0.4, -0.2) is 12.1 Å². The number of nitrogens with zero attached hydrogens (tertiary/aromatic N) is 1. The van der Waals surface area contributed by atoms with E-state index in [-0.39, 0.29) is 0 Å². The summed E-state index contributed by atoms with van der Waals surface area (Å²) in [6, 6.07) is 17.8. The van der Waals surface area contributed by atoms with E-state index in [0.717, 1.165) is 27.9 Å². The molecule has 3 heteroatoms. The Hall–Kier alpha value is -2.73. The molecule has 0 amide bonds. The van der Waals surface area contributed by atoms with Crippen LogP contribution in [0, 0.1) is 11.3 Å². The van der Waals surface area contributed by atoms with Crippen molar-refractivity contribution >= 4 is 10.9 Å². The minimum Gasteiger partial charge on any atom is -0.496 e. The first-order chi connectivity index (χ1) is 9.35. The van der Waals surface area contributed by atoms with Crippen LogP contribution in [0.5, 0.6) is 5.75 Å². The van der Waals surface area contributed by atoms with E-state index >= 15 is 0 Å². The third-order valence-corrected chi connectivity index (χ3v) is 3.19. The van der Waals surface area contributed by atoms with Gasteiger partial charge in [0.15, 0.2) is 0 Å². The maximum absolute atomic E-state index is 9.42.